The van der Waals surface area contributed by atoms with Crippen molar-refractivity contribution in [2.75, 3.05) is 6.54 Å². The third-order valence-corrected chi connectivity index (χ3v) is 3.48. The predicted octanol–water partition coefficient (Wildman–Crippen LogP) is -0.508. The lowest BCUT2D eigenvalue weighted by Crippen LogP contribution is -2.39. The van der Waals surface area contributed by atoms with Crippen molar-refractivity contribution in [2.45, 2.75) is 31.7 Å². The molecule has 1 heterocycles. The lowest BCUT2D eigenvalue weighted by Gasteiger charge is -2.14. The highest BCUT2D eigenvalue weighted by Crippen LogP contribution is 2.31. The monoisotopic (exact) mass is 240 g/mol. The molecule has 0 aromatic carbocycles. The van der Waals surface area contributed by atoms with Gasteiger partial charge in [0.25, 0.3) is 0 Å². The van der Waals surface area contributed by atoms with E-state index in [-0.39, 0.29) is 23.8 Å². The van der Waals surface area contributed by atoms with E-state index in [0.29, 0.717) is 32.2 Å². The van der Waals surface area contributed by atoms with Gasteiger partial charge in [-0.1, -0.05) is 0 Å². The fraction of sp³-hybridized carbons (Fsp3) is 0.727. The van der Waals surface area contributed by atoms with Crippen LogP contribution in [0.3, 0.4) is 0 Å². The number of carbonyl (C=O) groups excluding carboxylic acids is 2. The van der Waals surface area contributed by atoms with Gasteiger partial charge in [0.2, 0.25) is 11.8 Å². The first-order valence-corrected chi connectivity index (χ1v) is 5.86. The molecule has 0 aromatic heterocycles. The molecular weight excluding hydrogens is 224 g/mol. The molecule has 0 spiro atoms. The maximum atomic E-state index is 11.8. The minimum absolute atomic E-state index is 0.0508. The van der Waals surface area contributed by atoms with Gasteiger partial charge in [0.15, 0.2) is 0 Å². The molecule has 0 bridgehead atoms. The topological polar surface area (TPSA) is 95.5 Å². The van der Waals surface area contributed by atoms with Gasteiger partial charge in [0, 0.05) is 18.9 Å². The van der Waals surface area contributed by atoms with E-state index < -0.39 is 11.9 Å². The second-order valence-electron chi connectivity index (χ2n) is 4.76. The van der Waals surface area contributed by atoms with E-state index in [0.717, 1.165) is 0 Å². The summed E-state index contributed by atoms with van der Waals surface area (Å²) in [6, 6.07) is -0.140. The summed E-state index contributed by atoms with van der Waals surface area (Å²) in [6.45, 7) is 0.472. The Kier molecular flexibility index (Phi) is 3.31. The first kappa shape index (κ1) is 11.9. The fourth-order valence-corrected chi connectivity index (χ4v) is 2.47. The summed E-state index contributed by atoms with van der Waals surface area (Å²) in [7, 11) is 0. The summed E-state index contributed by atoms with van der Waals surface area (Å²) in [4.78, 5) is 33.6. The second-order valence-corrected chi connectivity index (χ2v) is 4.76. The molecule has 1 aliphatic carbocycles. The largest absolute Gasteiger partial charge is 0.481 e. The number of hydrogen-bond donors (Lipinski definition) is 3. The first-order chi connectivity index (χ1) is 8.06. The van der Waals surface area contributed by atoms with E-state index >= 15 is 0 Å². The standard InChI is InChI=1S/C11H16N2O4/c14-9-4-8(5-12-9)13-10(15)6-1-2-7(3-6)11(16)17/h6-8H,1-5H2,(H,12,14)(H,13,15)(H,16,17). The van der Waals surface area contributed by atoms with Crippen molar-refractivity contribution in [3.63, 3.8) is 0 Å². The van der Waals surface area contributed by atoms with E-state index in [1.165, 1.54) is 0 Å². The van der Waals surface area contributed by atoms with Gasteiger partial charge in [-0.3, -0.25) is 14.4 Å². The highest BCUT2D eigenvalue weighted by atomic mass is 16.4. The van der Waals surface area contributed by atoms with Crippen LogP contribution < -0.4 is 10.6 Å². The molecule has 94 valence electrons. The molecule has 6 heteroatoms. The van der Waals surface area contributed by atoms with Crippen molar-refractivity contribution < 1.29 is 19.5 Å². The zero-order chi connectivity index (χ0) is 12.4. The summed E-state index contributed by atoms with van der Waals surface area (Å²) in [5, 5.41) is 14.3. The van der Waals surface area contributed by atoms with Crippen LogP contribution in [-0.4, -0.2) is 35.5 Å². The highest BCUT2D eigenvalue weighted by Gasteiger charge is 2.35. The Hall–Kier alpha value is -1.59. The zero-order valence-electron chi connectivity index (χ0n) is 9.44. The lowest BCUT2D eigenvalue weighted by atomic mass is 10.0. The smallest absolute Gasteiger partial charge is 0.306 e. The van der Waals surface area contributed by atoms with Crippen LogP contribution in [0.1, 0.15) is 25.7 Å². The maximum absolute atomic E-state index is 11.8. The number of amides is 2. The molecule has 0 radical (unpaired) electrons. The van der Waals surface area contributed by atoms with Crippen LogP contribution in [0.25, 0.3) is 0 Å². The Balaban J connectivity index is 1.81. The molecule has 3 N–H and O–H groups in total. The molecule has 1 saturated heterocycles. The third-order valence-electron chi connectivity index (χ3n) is 3.48. The lowest BCUT2D eigenvalue weighted by molar-refractivity contribution is -0.141. The van der Waals surface area contributed by atoms with E-state index in [1.807, 2.05) is 0 Å². The number of carboxylic acids is 1. The fourth-order valence-electron chi connectivity index (χ4n) is 2.47. The molecule has 0 aromatic rings. The van der Waals surface area contributed by atoms with Crippen LogP contribution in [-0.2, 0) is 14.4 Å². The molecular formula is C11H16N2O4. The van der Waals surface area contributed by atoms with Crippen LogP contribution in [0.15, 0.2) is 0 Å². The van der Waals surface area contributed by atoms with Gasteiger partial charge in [-0.15, -0.1) is 0 Å². The zero-order valence-corrected chi connectivity index (χ0v) is 9.44. The minimum atomic E-state index is -0.821. The van der Waals surface area contributed by atoms with Crippen molar-refractivity contribution in [3.8, 4) is 0 Å². The molecule has 1 aliphatic heterocycles. The Bertz CT molecular complexity index is 355. The molecule has 17 heavy (non-hydrogen) atoms. The molecule has 2 rings (SSSR count). The van der Waals surface area contributed by atoms with Gasteiger partial charge in [0.05, 0.1) is 12.0 Å². The average Bonchev–Trinajstić information content (AvgIpc) is 2.86. The van der Waals surface area contributed by atoms with Gasteiger partial charge in [0.1, 0.15) is 0 Å². The Morgan fingerprint density at radius 3 is 2.53 bits per heavy atom. The summed E-state index contributed by atoms with van der Waals surface area (Å²) >= 11 is 0. The number of nitrogens with one attached hydrogen (secondary N) is 2. The highest BCUT2D eigenvalue weighted by molar-refractivity contribution is 5.84. The SMILES string of the molecule is O=C1CC(NC(=O)C2CCC(C(=O)O)C2)CN1. The van der Waals surface area contributed by atoms with Crippen molar-refractivity contribution in [1.82, 2.24) is 10.6 Å². The Morgan fingerprint density at radius 2 is 2.00 bits per heavy atom. The van der Waals surface area contributed by atoms with Gasteiger partial charge < -0.3 is 15.7 Å². The average molecular weight is 240 g/mol. The normalized spacial score (nSPS) is 32.2. The molecule has 6 nitrogen and oxygen atoms in total. The van der Waals surface area contributed by atoms with Crippen LogP contribution in [0.2, 0.25) is 0 Å². The number of hydrogen-bond acceptors (Lipinski definition) is 3. The van der Waals surface area contributed by atoms with Gasteiger partial charge >= 0.3 is 5.97 Å². The van der Waals surface area contributed by atoms with Crippen molar-refractivity contribution in [2.24, 2.45) is 11.8 Å². The van der Waals surface area contributed by atoms with Crippen molar-refractivity contribution in [1.29, 1.82) is 0 Å². The molecule has 2 aliphatic rings. The molecule has 3 unspecified atom stereocenters. The maximum Gasteiger partial charge on any atom is 0.306 e. The molecule has 2 fully saturated rings. The molecule has 3 atom stereocenters. The van der Waals surface area contributed by atoms with Gasteiger partial charge in [-0.25, -0.2) is 0 Å². The Labute approximate surface area is 98.8 Å². The number of aliphatic carboxylic acids is 1. The Morgan fingerprint density at radius 1 is 1.29 bits per heavy atom. The number of carbonyl (C=O) groups is 3. The summed E-state index contributed by atoms with van der Waals surface area (Å²) < 4.78 is 0. The van der Waals surface area contributed by atoms with Gasteiger partial charge in [-0.2, -0.15) is 0 Å². The van der Waals surface area contributed by atoms with E-state index in [2.05, 4.69) is 10.6 Å². The van der Waals surface area contributed by atoms with Crippen LogP contribution in [0.5, 0.6) is 0 Å². The van der Waals surface area contributed by atoms with E-state index in [1.54, 1.807) is 0 Å². The number of rotatable bonds is 3. The predicted molar refractivity (Wildman–Crippen MR) is 58.0 cm³/mol. The third kappa shape index (κ3) is 2.75. The summed E-state index contributed by atoms with van der Waals surface area (Å²) in [5.41, 5.74) is 0. The van der Waals surface area contributed by atoms with Crippen LogP contribution in [0.4, 0.5) is 0 Å². The minimum Gasteiger partial charge on any atom is -0.481 e. The van der Waals surface area contributed by atoms with Crippen LogP contribution in [0, 0.1) is 11.8 Å². The second kappa shape index (κ2) is 4.73. The van der Waals surface area contributed by atoms with Crippen LogP contribution >= 0.6 is 0 Å². The molecule has 2 amide bonds. The molecule has 1 saturated carbocycles. The number of carboxylic acid groups (broad SMARTS) is 1. The van der Waals surface area contributed by atoms with E-state index in [9.17, 15) is 14.4 Å². The first-order valence-electron chi connectivity index (χ1n) is 5.86. The van der Waals surface area contributed by atoms with Crippen molar-refractivity contribution in [3.05, 3.63) is 0 Å². The van der Waals surface area contributed by atoms with Gasteiger partial charge in [-0.05, 0) is 19.3 Å². The van der Waals surface area contributed by atoms with Crippen molar-refractivity contribution >= 4 is 17.8 Å². The summed E-state index contributed by atoms with van der Waals surface area (Å²) in [6.07, 6.45) is 1.92. The van der Waals surface area contributed by atoms with E-state index in [4.69, 9.17) is 5.11 Å². The quantitative estimate of drug-likeness (QED) is 0.619. The summed E-state index contributed by atoms with van der Waals surface area (Å²) in [5.74, 6) is -1.60.